The SMILES string of the molecule is COc1ccccc1C1NCC(=O)N1C1CCCC(C)C1. The molecule has 4 heteroatoms. The van der Waals surface area contributed by atoms with E-state index in [0.29, 0.717) is 18.5 Å². The van der Waals surface area contributed by atoms with Crippen LogP contribution in [0.4, 0.5) is 0 Å². The van der Waals surface area contributed by atoms with E-state index in [1.807, 2.05) is 24.3 Å². The smallest absolute Gasteiger partial charge is 0.238 e. The van der Waals surface area contributed by atoms with Gasteiger partial charge in [-0.25, -0.2) is 0 Å². The Bertz CT molecular complexity index is 517. The Labute approximate surface area is 126 Å². The Morgan fingerprint density at radius 3 is 2.86 bits per heavy atom. The van der Waals surface area contributed by atoms with Crippen LogP contribution < -0.4 is 10.1 Å². The van der Waals surface area contributed by atoms with Crippen LogP contribution in [0.2, 0.25) is 0 Å². The molecular formula is C17H24N2O2. The average molecular weight is 288 g/mol. The minimum Gasteiger partial charge on any atom is -0.496 e. The predicted molar refractivity (Wildman–Crippen MR) is 82.0 cm³/mol. The van der Waals surface area contributed by atoms with Gasteiger partial charge in [0.2, 0.25) is 5.91 Å². The zero-order valence-electron chi connectivity index (χ0n) is 12.8. The molecule has 21 heavy (non-hydrogen) atoms. The summed E-state index contributed by atoms with van der Waals surface area (Å²) in [6, 6.07) is 8.33. The third-order valence-corrected chi connectivity index (χ3v) is 4.75. The molecule has 114 valence electrons. The molecule has 1 aromatic rings. The number of methoxy groups -OCH3 is 1. The lowest BCUT2D eigenvalue weighted by Crippen LogP contribution is -2.42. The van der Waals surface area contributed by atoms with Crippen molar-refractivity contribution in [1.82, 2.24) is 10.2 Å². The van der Waals surface area contributed by atoms with E-state index in [1.54, 1.807) is 7.11 Å². The van der Waals surface area contributed by atoms with Crippen LogP contribution in [0.15, 0.2) is 24.3 Å². The summed E-state index contributed by atoms with van der Waals surface area (Å²) in [5.41, 5.74) is 1.06. The summed E-state index contributed by atoms with van der Waals surface area (Å²) in [5, 5.41) is 3.36. The zero-order chi connectivity index (χ0) is 14.8. The minimum atomic E-state index is -0.0519. The van der Waals surface area contributed by atoms with Crippen molar-refractivity contribution in [3.63, 3.8) is 0 Å². The Kier molecular flexibility index (Phi) is 4.15. The van der Waals surface area contributed by atoms with E-state index >= 15 is 0 Å². The molecule has 0 aromatic heterocycles. The first kappa shape index (κ1) is 14.4. The van der Waals surface area contributed by atoms with Crippen LogP contribution in [0.3, 0.4) is 0 Å². The van der Waals surface area contributed by atoms with Gasteiger partial charge in [0.25, 0.3) is 0 Å². The minimum absolute atomic E-state index is 0.0519. The van der Waals surface area contributed by atoms with Gasteiger partial charge in [-0.2, -0.15) is 0 Å². The van der Waals surface area contributed by atoms with Crippen molar-refractivity contribution < 1.29 is 9.53 Å². The highest BCUT2D eigenvalue weighted by molar-refractivity contribution is 5.81. The second kappa shape index (κ2) is 6.06. The second-order valence-corrected chi connectivity index (χ2v) is 6.25. The Balaban J connectivity index is 1.88. The van der Waals surface area contributed by atoms with Crippen molar-refractivity contribution in [3.05, 3.63) is 29.8 Å². The zero-order valence-corrected chi connectivity index (χ0v) is 12.8. The number of amides is 1. The monoisotopic (exact) mass is 288 g/mol. The van der Waals surface area contributed by atoms with Gasteiger partial charge in [0.1, 0.15) is 11.9 Å². The maximum atomic E-state index is 12.4. The third kappa shape index (κ3) is 2.77. The number of rotatable bonds is 3. The van der Waals surface area contributed by atoms with Gasteiger partial charge in [0.05, 0.1) is 13.7 Å². The van der Waals surface area contributed by atoms with E-state index in [2.05, 4.69) is 17.1 Å². The standard InChI is InChI=1S/C17H24N2O2/c1-12-6-5-7-13(10-12)19-16(20)11-18-17(19)14-8-3-4-9-15(14)21-2/h3-4,8-9,12-13,17-18H,5-7,10-11H2,1-2H3. The van der Waals surface area contributed by atoms with Crippen LogP contribution in [0.25, 0.3) is 0 Å². The normalized spacial score (nSPS) is 29.7. The first-order chi connectivity index (χ1) is 10.2. The molecule has 3 rings (SSSR count). The lowest BCUT2D eigenvalue weighted by Gasteiger charge is -2.37. The summed E-state index contributed by atoms with van der Waals surface area (Å²) in [4.78, 5) is 14.4. The summed E-state index contributed by atoms with van der Waals surface area (Å²) in [6.45, 7) is 2.71. The molecule has 1 aliphatic carbocycles. The first-order valence-corrected chi connectivity index (χ1v) is 7.88. The molecule has 1 amide bonds. The van der Waals surface area contributed by atoms with Crippen LogP contribution in [0, 0.1) is 5.92 Å². The van der Waals surface area contributed by atoms with Gasteiger partial charge in [0.15, 0.2) is 0 Å². The van der Waals surface area contributed by atoms with Crippen LogP contribution in [-0.2, 0) is 4.79 Å². The molecule has 1 saturated heterocycles. The van der Waals surface area contributed by atoms with Crippen LogP contribution in [0.5, 0.6) is 5.75 Å². The maximum Gasteiger partial charge on any atom is 0.238 e. The molecule has 0 spiro atoms. The van der Waals surface area contributed by atoms with Gasteiger partial charge in [-0.15, -0.1) is 0 Å². The molecule has 1 aromatic carbocycles. The third-order valence-electron chi connectivity index (χ3n) is 4.75. The molecule has 3 atom stereocenters. The van der Waals surface area contributed by atoms with Crippen molar-refractivity contribution in [2.45, 2.75) is 44.8 Å². The molecule has 3 unspecified atom stereocenters. The fourth-order valence-corrected chi connectivity index (χ4v) is 3.74. The predicted octanol–water partition coefficient (Wildman–Crippen LogP) is 2.70. The van der Waals surface area contributed by atoms with E-state index < -0.39 is 0 Å². The van der Waals surface area contributed by atoms with Crippen LogP contribution in [0.1, 0.15) is 44.3 Å². The van der Waals surface area contributed by atoms with Gasteiger partial charge < -0.3 is 9.64 Å². The van der Waals surface area contributed by atoms with Crippen molar-refractivity contribution in [2.75, 3.05) is 13.7 Å². The average Bonchev–Trinajstić information content (AvgIpc) is 2.88. The first-order valence-electron chi connectivity index (χ1n) is 7.88. The lowest BCUT2D eigenvalue weighted by molar-refractivity contribution is -0.131. The topological polar surface area (TPSA) is 41.6 Å². The van der Waals surface area contributed by atoms with E-state index in [1.165, 1.54) is 12.8 Å². The number of nitrogens with one attached hydrogen (secondary N) is 1. The number of para-hydroxylation sites is 1. The molecule has 0 radical (unpaired) electrons. The molecule has 2 fully saturated rings. The quantitative estimate of drug-likeness (QED) is 0.930. The van der Waals surface area contributed by atoms with Crippen LogP contribution in [-0.4, -0.2) is 30.5 Å². The summed E-state index contributed by atoms with van der Waals surface area (Å²) in [5.74, 6) is 1.76. The Morgan fingerprint density at radius 2 is 2.10 bits per heavy atom. The van der Waals surface area contributed by atoms with Gasteiger partial charge in [0, 0.05) is 11.6 Å². The van der Waals surface area contributed by atoms with Gasteiger partial charge in [-0.3, -0.25) is 10.1 Å². The maximum absolute atomic E-state index is 12.4. The summed E-state index contributed by atoms with van der Waals surface area (Å²) in [7, 11) is 1.68. The number of hydrogen-bond donors (Lipinski definition) is 1. The van der Waals surface area contributed by atoms with E-state index in [9.17, 15) is 4.79 Å². The Hall–Kier alpha value is -1.55. The van der Waals surface area contributed by atoms with E-state index in [0.717, 1.165) is 24.2 Å². The molecule has 1 saturated carbocycles. The lowest BCUT2D eigenvalue weighted by atomic mass is 9.86. The number of carbonyl (C=O) groups is 1. The van der Waals surface area contributed by atoms with Crippen molar-refractivity contribution in [3.8, 4) is 5.75 Å². The fraction of sp³-hybridized carbons (Fsp3) is 0.588. The van der Waals surface area contributed by atoms with Crippen molar-refractivity contribution in [2.24, 2.45) is 5.92 Å². The second-order valence-electron chi connectivity index (χ2n) is 6.25. The summed E-state index contributed by atoms with van der Waals surface area (Å²) >= 11 is 0. The molecule has 2 aliphatic rings. The highest BCUT2D eigenvalue weighted by Gasteiger charge is 2.39. The number of benzene rings is 1. The molecule has 1 N–H and O–H groups in total. The number of nitrogens with zero attached hydrogens (tertiary/aromatic N) is 1. The molecular weight excluding hydrogens is 264 g/mol. The number of ether oxygens (including phenoxy) is 1. The summed E-state index contributed by atoms with van der Waals surface area (Å²) < 4.78 is 5.47. The van der Waals surface area contributed by atoms with Gasteiger partial charge in [-0.05, 0) is 24.8 Å². The molecule has 0 bridgehead atoms. The van der Waals surface area contributed by atoms with Crippen molar-refractivity contribution >= 4 is 5.91 Å². The fourth-order valence-electron chi connectivity index (χ4n) is 3.74. The van der Waals surface area contributed by atoms with E-state index in [4.69, 9.17) is 4.74 Å². The largest absolute Gasteiger partial charge is 0.496 e. The Morgan fingerprint density at radius 1 is 1.29 bits per heavy atom. The molecule has 1 aliphatic heterocycles. The number of hydrogen-bond acceptors (Lipinski definition) is 3. The number of carbonyl (C=O) groups excluding carboxylic acids is 1. The van der Waals surface area contributed by atoms with Gasteiger partial charge >= 0.3 is 0 Å². The van der Waals surface area contributed by atoms with Gasteiger partial charge in [-0.1, -0.05) is 38.0 Å². The molecule has 4 nitrogen and oxygen atoms in total. The van der Waals surface area contributed by atoms with Crippen LogP contribution >= 0.6 is 0 Å². The molecule has 1 heterocycles. The van der Waals surface area contributed by atoms with Crippen molar-refractivity contribution in [1.29, 1.82) is 0 Å². The van der Waals surface area contributed by atoms with E-state index in [-0.39, 0.29) is 12.1 Å². The highest BCUT2D eigenvalue weighted by Crippen LogP contribution is 2.36. The summed E-state index contributed by atoms with van der Waals surface area (Å²) in [6.07, 6.45) is 4.67. The highest BCUT2D eigenvalue weighted by atomic mass is 16.5.